The standard InChI is InChI=1S/C17H23ClN2O2/c1-3-4-5-6-7-13(2)20-17(21)12-22-16-9-8-14(11-19)10-15(16)18/h8-10,13H,3-7,12H2,1-2H3,(H,20,21)/t13-/m0/s1. The van der Waals surface area contributed by atoms with Crippen LogP contribution in [0.4, 0.5) is 0 Å². The van der Waals surface area contributed by atoms with Gasteiger partial charge in [-0.3, -0.25) is 4.79 Å². The Morgan fingerprint density at radius 2 is 2.18 bits per heavy atom. The molecule has 0 saturated carbocycles. The lowest BCUT2D eigenvalue weighted by Crippen LogP contribution is -2.36. The number of hydrogen-bond donors (Lipinski definition) is 1. The van der Waals surface area contributed by atoms with Crippen molar-refractivity contribution >= 4 is 17.5 Å². The molecule has 0 heterocycles. The van der Waals surface area contributed by atoms with Crippen molar-refractivity contribution in [3.63, 3.8) is 0 Å². The number of rotatable bonds is 9. The summed E-state index contributed by atoms with van der Waals surface area (Å²) in [6.45, 7) is 4.10. The number of carbonyl (C=O) groups is 1. The van der Waals surface area contributed by atoms with E-state index < -0.39 is 0 Å². The molecular formula is C17H23ClN2O2. The number of unbranched alkanes of at least 4 members (excludes halogenated alkanes) is 3. The fraction of sp³-hybridized carbons (Fsp3) is 0.529. The second kappa shape index (κ2) is 10.1. The van der Waals surface area contributed by atoms with E-state index in [1.165, 1.54) is 25.3 Å². The monoisotopic (exact) mass is 322 g/mol. The third-order valence-corrected chi connectivity index (χ3v) is 3.61. The smallest absolute Gasteiger partial charge is 0.258 e. The zero-order valence-corrected chi connectivity index (χ0v) is 13.9. The van der Waals surface area contributed by atoms with Crippen LogP contribution in [-0.2, 0) is 4.79 Å². The molecule has 0 aromatic heterocycles. The summed E-state index contributed by atoms with van der Waals surface area (Å²) in [5.74, 6) is 0.245. The fourth-order valence-electron chi connectivity index (χ4n) is 2.10. The number of amides is 1. The number of ether oxygens (including phenoxy) is 1. The van der Waals surface area contributed by atoms with Gasteiger partial charge in [0.1, 0.15) is 5.75 Å². The molecule has 5 heteroatoms. The number of carbonyl (C=O) groups excluding carboxylic acids is 1. The Balaban J connectivity index is 2.32. The van der Waals surface area contributed by atoms with Crippen LogP contribution in [0, 0.1) is 11.3 Å². The van der Waals surface area contributed by atoms with E-state index in [-0.39, 0.29) is 18.6 Å². The highest BCUT2D eigenvalue weighted by molar-refractivity contribution is 6.32. The Kier molecular flexibility index (Phi) is 8.39. The highest BCUT2D eigenvalue weighted by atomic mass is 35.5. The first-order valence-electron chi connectivity index (χ1n) is 7.68. The molecule has 4 nitrogen and oxygen atoms in total. The Morgan fingerprint density at radius 3 is 2.82 bits per heavy atom. The number of nitriles is 1. The third-order valence-electron chi connectivity index (χ3n) is 3.32. The predicted octanol–water partition coefficient (Wildman–Crippen LogP) is 4.07. The fourth-order valence-corrected chi connectivity index (χ4v) is 2.33. The Morgan fingerprint density at radius 1 is 1.41 bits per heavy atom. The molecule has 22 heavy (non-hydrogen) atoms. The molecule has 1 amide bonds. The molecule has 0 fully saturated rings. The summed E-state index contributed by atoms with van der Waals surface area (Å²) in [6.07, 6.45) is 5.75. The Labute approximate surface area is 137 Å². The first-order chi connectivity index (χ1) is 10.6. The van der Waals surface area contributed by atoms with Crippen molar-refractivity contribution in [2.45, 2.75) is 52.0 Å². The summed E-state index contributed by atoms with van der Waals surface area (Å²) in [4.78, 5) is 11.8. The van der Waals surface area contributed by atoms with Crippen LogP contribution >= 0.6 is 11.6 Å². The molecule has 0 radical (unpaired) electrons. The van der Waals surface area contributed by atoms with E-state index in [4.69, 9.17) is 21.6 Å². The molecule has 1 rings (SSSR count). The maximum atomic E-state index is 11.8. The van der Waals surface area contributed by atoms with Crippen molar-refractivity contribution in [3.05, 3.63) is 28.8 Å². The molecule has 0 aliphatic heterocycles. The maximum Gasteiger partial charge on any atom is 0.258 e. The van der Waals surface area contributed by atoms with Gasteiger partial charge in [0.15, 0.2) is 6.61 Å². The largest absolute Gasteiger partial charge is 0.482 e. The van der Waals surface area contributed by atoms with Crippen molar-refractivity contribution in [1.29, 1.82) is 5.26 Å². The molecule has 0 aliphatic rings. The van der Waals surface area contributed by atoms with Crippen LogP contribution in [0.5, 0.6) is 5.75 Å². The van der Waals surface area contributed by atoms with Gasteiger partial charge in [0.05, 0.1) is 16.7 Å². The highest BCUT2D eigenvalue weighted by Gasteiger charge is 2.09. The van der Waals surface area contributed by atoms with Crippen LogP contribution in [0.25, 0.3) is 0 Å². The molecule has 0 bridgehead atoms. The average Bonchev–Trinajstić information content (AvgIpc) is 2.50. The predicted molar refractivity (Wildman–Crippen MR) is 88.0 cm³/mol. The van der Waals surface area contributed by atoms with Crippen LogP contribution in [0.1, 0.15) is 51.5 Å². The minimum Gasteiger partial charge on any atom is -0.482 e. The van der Waals surface area contributed by atoms with Gasteiger partial charge in [-0.15, -0.1) is 0 Å². The second-order valence-electron chi connectivity index (χ2n) is 5.36. The van der Waals surface area contributed by atoms with Crippen LogP contribution in [0.2, 0.25) is 5.02 Å². The van der Waals surface area contributed by atoms with Crippen LogP contribution in [-0.4, -0.2) is 18.6 Å². The molecule has 120 valence electrons. The molecule has 0 aliphatic carbocycles. The van der Waals surface area contributed by atoms with E-state index in [1.807, 2.05) is 13.0 Å². The summed E-state index contributed by atoms with van der Waals surface area (Å²) in [5, 5.41) is 12.0. The SMILES string of the molecule is CCCCCC[C@H](C)NC(=O)COc1ccc(C#N)cc1Cl. The lowest BCUT2D eigenvalue weighted by atomic mass is 10.1. The van der Waals surface area contributed by atoms with E-state index in [0.29, 0.717) is 16.3 Å². The van der Waals surface area contributed by atoms with E-state index >= 15 is 0 Å². The van der Waals surface area contributed by atoms with Gasteiger partial charge in [-0.2, -0.15) is 5.26 Å². The quantitative estimate of drug-likeness (QED) is 0.697. The van der Waals surface area contributed by atoms with E-state index in [2.05, 4.69) is 12.2 Å². The highest BCUT2D eigenvalue weighted by Crippen LogP contribution is 2.25. The van der Waals surface area contributed by atoms with Gasteiger partial charge in [0, 0.05) is 6.04 Å². The van der Waals surface area contributed by atoms with Gasteiger partial charge in [0.2, 0.25) is 0 Å². The molecule has 1 atom stereocenters. The first kappa shape index (κ1) is 18.3. The van der Waals surface area contributed by atoms with Crippen molar-refractivity contribution in [1.82, 2.24) is 5.32 Å². The Hall–Kier alpha value is -1.73. The van der Waals surface area contributed by atoms with Gasteiger partial charge in [-0.1, -0.05) is 44.2 Å². The number of hydrogen-bond acceptors (Lipinski definition) is 3. The van der Waals surface area contributed by atoms with Crippen molar-refractivity contribution in [3.8, 4) is 11.8 Å². The van der Waals surface area contributed by atoms with Crippen molar-refractivity contribution in [2.75, 3.05) is 6.61 Å². The number of halogens is 1. The first-order valence-corrected chi connectivity index (χ1v) is 8.06. The van der Waals surface area contributed by atoms with Gasteiger partial charge < -0.3 is 10.1 Å². The van der Waals surface area contributed by atoms with Crippen molar-refractivity contribution in [2.24, 2.45) is 0 Å². The maximum absolute atomic E-state index is 11.8. The lowest BCUT2D eigenvalue weighted by molar-refractivity contribution is -0.123. The normalized spacial score (nSPS) is 11.5. The third kappa shape index (κ3) is 6.82. The molecular weight excluding hydrogens is 300 g/mol. The van der Waals surface area contributed by atoms with E-state index in [9.17, 15) is 4.79 Å². The van der Waals surface area contributed by atoms with Gasteiger partial charge in [-0.05, 0) is 31.5 Å². The minimum atomic E-state index is -0.164. The summed E-state index contributed by atoms with van der Waals surface area (Å²) >= 11 is 5.99. The van der Waals surface area contributed by atoms with Gasteiger partial charge >= 0.3 is 0 Å². The molecule has 0 unspecified atom stereocenters. The summed E-state index contributed by atoms with van der Waals surface area (Å²) < 4.78 is 5.39. The number of nitrogens with zero attached hydrogens (tertiary/aromatic N) is 1. The summed E-state index contributed by atoms with van der Waals surface area (Å²) in [7, 11) is 0. The van der Waals surface area contributed by atoms with Gasteiger partial charge in [0.25, 0.3) is 5.91 Å². The molecule has 1 aromatic carbocycles. The summed E-state index contributed by atoms with van der Waals surface area (Å²) in [6, 6.07) is 6.86. The van der Waals surface area contributed by atoms with Crippen molar-refractivity contribution < 1.29 is 9.53 Å². The minimum absolute atomic E-state index is 0.0785. The summed E-state index contributed by atoms with van der Waals surface area (Å²) in [5.41, 5.74) is 0.461. The van der Waals surface area contributed by atoms with E-state index in [1.54, 1.807) is 12.1 Å². The molecule has 1 aromatic rings. The van der Waals surface area contributed by atoms with Crippen LogP contribution < -0.4 is 10.1 Å². The van der Waals surface area contributed by atoms with Crippen LogP contribution in [0.3, 0.4) is 0 Å². The average molecular weight is 323 g/mol. The lowest BCUT2D eigenvalue weighted by Gasteiger charge is -2.14. The molecule has 0 saturated heterocycles. The zero-order chi connectivity index (χ0) is 16.4. The second-order valence-corrected chi connectivity index (χ2v) is 5.77. The van der Waals surface area contributed by atoms with Gasteiger partial charge in [-0.25, -0.2) is 0 Å². The molecule has 0 spiro atoms. The zero-order valence-electron chi connectivity index (χ0n) is 13.2. The Bertz CT molecular complexity index is 526. The van der Waals surface area contributed by atoms with Crippen LogP contribution in [0.15, 0.2) is 18.2 Å². The molecule has 1 N–H and O–H groups in total. The number of nitrogens with one attached hydrogen (secondary N) is 1. The number of benzene rings is 1. The van der Waals surface area contributed by atoms with E-state index in [0.717, 1.165) is 12.8 Å². The topological polar surface area (TPSA) is 62.1 Å².